The number of sulfone groups is 1. The summed E-state index contributed by atoms with van der Waals surface area (Å²) in [5.74, 6) is -0.524. The van der Waals surface area contributed by atoms with Crippen molar-refractivity contribution in [3.8, 4) is 0 Å². The number of aromatic nitrogens is 1. The molecule has 1 unspecified atom stereocenters. The fourth-order valence-electron chi connectivity index (χ4n) is 4.00. The second-order valence-corrected chi connectivity index (χ2v) is 9.16. The van der Waals surface area contributed by atoms with Crippen molar-refractivity contribution < 1.29 is 22.6 Å². The maximum atomic E-state index is 12.7. The Bertz CT molecular complexity index is 996. The highest BCUT2D eigenvalue weighted by Gasteiger charge is 2.47. The van der Waals surface area contributed by atoms with Gasteiger partial charge in [-0.05, 0) is 24.0 Å². The Morgan fingerprint density at radius 1 is 1.39 bits per heavy atom. The van der Waals surface area contributed by atoms with Gasteiger partial charge in [0.15, 0.2) is 15.3 Å². The summed E-state index contributed by atoms with van der Waals surface area (Å²) < 4.78 is 29.3. The van der Waals surface area contributed by atoms with Crippen LogP contribution in [0.15, 0.2) is 40.0 Å². The second-order valence-electron chi connectivity index (χ2n) is 7.17. The molecule has 0 bridgehead atoms. The molecule has 2 aromatic rings. The van der Waals surface area contributed by atoms with Crippen LogP contribution in [-0.4, -0.2) is 30.5 Å². The fraction of sp³-hybridized carbons (Fsp3) is 0.444. The zero-order chi connectivity index (χ0) is 20.5. The molecular weight excluding hydrogens is 386 g/mol. The molecule has 0 saturated heterocycles. The Morgan fingerprint density at radius 2 is 2.07 bits per heavy atom. The molecule has 0 spiro atoms. The van der Waals surface area contributed by atoms with Crippen LogP contribution in [0.3, 0.4) is 0 Å². The van der Waals surface area contributed by atoms with E-state index in [9.17, 15) is 23.3 Å². The largest absolute Gasteiger partial charge is 0.447 e. The van der Waals surface area contributed by atoms with Crippen LogP contribution in [0.1, 0.15) is 43.6 Å². The maximum Gasteiger partial charge on any atom is 0.288 e. The molecule has 1 saturated carbocycles. The minimum absolute atomic E-state index is 0.0494. The summed E-state index contributed by atoms with van der Waals surface area (Å²) in [6, 6.07) is 3.62. The minimum atomic E-state index is -3.83. The summed E-state index contributed by atoms with van der Waals surface area (Å²) in [6.07, 6.45) is 7.72. The molecule has 1 heterocycles. The van der Waals surface area contributed by atoms with E-state index in [2.05, 4.69) is 4.98 Å². The zero-order valence-electron chi connectivity index (χ0n) is 15.3. The number of nitro benzene ring substituents is 1. The predicted molar refractivity (Wildman–Crippen MR) is 99.3 cm³/mol. The Balaban J connectivity index is 2.24. The highest BCUT2D eigenvalue weighted by Crippen LogP contribution is 2.43. The van der Waals surface area contributed by atoms with E-state index >= 15 is 0 Å². The van der Waals surface area contributed by atoms with Crippen molar-refractivity contribution in [2.24, 2.45) is 11.7 Å². The lowest BCUT2D eigenvalue weighted by Gasteiger charge is -2.30. The van der Waals surface area contributed by atoms with Crippen LogP contribution in [0, 0.1) is 16.0 Å². The van der Waals surface area contributed by atoms with Gasteiger partial charge in [-0.3, -0.25) is 14.9 Å². The minimum Gasteiger partial charge on any atom is -0.447 e. The number of nitro groups is 1. The number of carbonyl (C=O) groups excluding carboxylic acids is 1. The van der Waals surface area contributed by atoms with Gasteiger partial charge in [-0.1, -0.05) is 31.7 Å². The third-order valence-electron chi connectivity index (χ3n) is 5.34. The van der Waals surface area contributed by atoms with Gasteiger partial charge in [0, 0.05) is 12.3 Å². The Morgan fingerprint density at radius 3 is 2.57 bits per heavy atom. The first kappa shape index (κ1) is 20.0. The van der Waals surface area contributed by atoms with Crippen LogP contribution in [0.5, 0.6) is 0 Å². The first-order chi connectivity index (χ1) is 13.2. The van der Waals surface area contributed by atoms with E-state index < -0.39 is 36.7 Å². The smallest absolute Gasteiger partial charge is 0.288 e. The van der Waals surface area contributed by atoms with Crippen molar-refractivity contribution in [3.05, 3.63) is 52.2 Å². The van der Waals surface area contributed by atoms with E-state index in [0.29, 0.717) is 0 Å². The van der Waals surface area contributed by atoms with Crippen molar-refractivity contribution in [3.63, 3.8) is 0 Å². The second kappa shape index (κ2) is 7.34. The molecule has 0 radical (unpaired) electrons. The molecule has 1 aromatic carbocycles. The molecule has 2 N–H and O–H groups in total. The predicted octanol–water partition coefficient (Wildman–Crippen LogP) is 2.34. The third kappa shape index (κ3) is 3.51. The highest BCUT2D eigenvalue weighted by atomic mass is 32.2. The van der Waals surface area contributed by atoms with Crippen LogP contribution in [0.4, 0.5) is 5.69 Å². The van der Waals surface area contributed by atoms with E-state index in [0.717, 1.165) is 44.1 Å². The number of primary amides is 1. The van der Waals surface area contributed by atoms with Gasteiger partial charge in [-0.15, -0.1) is 0 Å². The average molecular weight is 407 g/mol. The highest BCUT2D eigenvalue weighted by molar-refractivity contribution is 7.90. The van der Waals surface area contributed by atoms with E-state index in [1.165, 1.54) is 18.5 Å². The number of rotatable bonds is 7. The van der Waals surface area contributed by atoms with Crippen LogP contribution in [-0.2, 0) is 20.0 Å². The molecule has 3 rings (SSSR count). The van der Waals surface area contributed by atoms with E-state index in [4.69, 9.17) is 10.2 Å². The topological polar surface area (TPSA) is 146 Å². The van der Waals surface area contributed by atoms with Gasteiger partial charge in [-0.2, -0.15) is 0 Å². The summed E-state index contributed by atoms with van der Waals surface area (Å²) in [5, 5.41) is 11.5. The molecule has 150 valence electrons. The third-order valence-corrected chi connectivity index (χ3v) is 6.48. The lowest BCUT2D eigenvalue weighted by Crippen LogP contribution is -2.44. The van der Waals surface area contributed by atoms with Gasteiger partial charge < -0.3 is 10.2 Å². The number of benzene rings is 1. The fourth-order valence-corrected chi connectivity index (χ4v) is 4.83. The normalized spacial score (nSPS) is 17.3. The molecule has 1 aliphatic rings. The van der Waals surface area contributed by atoms with Gasteiger partial charge in [0.2, 0.25) is 11.8 Å². The van der Waals surface area contributed by atoms with Gasteiger partial charge in [0.25, 0.3) is 5.69 Å². The molecule has 1 atom stereocenters. The summed E-state index contributed by atoms with van der Waals surface area (Å²) in [5.41, 5.74) is 3.88. The standard InChI is InChI=1S/C18H21N3O6S/c1-28(25,26)15-7-6-13(10-14(15)21(23)24)18(16(19)22,17-20-8-9-27-17)11-12-4-2-3-5-12/h6-10,12H,2-5,11H2,1H3,(H2,19,22). The van der Waals surface area contributed by atoms with E-state index in [1.807, 2.05) is 0 Å². The van der Waals surface area contributed by atoms with Crippen LogP contribution >= 0.6 is 0 Å². The number of nitrogens with two attached hydrogens (primary N) is 1. The first-order valence-corrected chi connectivity index (χ1v) is 10.7. The molecular formula is C18H21N3O6S. The number of hydrogen-bond acceptors (Lipinski definition) is 7. The molecule has 1 aliphatic carbocycles. The van der Waals surface area contributed by atoms with Gasteiger partial charge in [0.1, 0.15) is 11.2 Å². The van der Waals surface area contributed by atoms with Crippen LogP contribution in [0.2, 0.25) is 0 Å². The molecule has 1 amide bonds. The molecule has 0 aliphatic heterocycles. The summed E-state index contributed by atoms with van der Waals surface area (Å²) in [6.45, 7) is 0. The molecule has 9 nitrogen and oxygen atoms in total. The van der Waals surface area contributed by atoms with Crippen LogP contribution < -0.4 is 5.73 Å². The van der Waals surface area contributed by atoms with Gasteiger partial charge in [-0.25, -0.2) is 13.4 Å². The monoisotopic (exact) mass is 407 g/mol. The molecule has 28 heavy (non-hydrogen) atoms. The summed E-state index contributed by atoms with van der Waals surface area (Å²) in [4.78, 5) is 27.2. The van der Waals surface area contributed by atoms with Crippen molar-refractivity contribution >= 4 is 21.4 Å². The van der Waals surface area contributed by atoms with Crippen LogP contribution in [0.25, 0.3) is 0 Å². The zero-order valence-corrected chi connectivity index (χ0v) is 16.1. The van der Waals surface area contributed by atoms with Crippen molar-refractivity contribution in [1.29, 1.82) is 0 Å². The van der Waals surface area contributed by atoms with Crippen molar-refractivity contribution in [2.45, 2.75) is 42.4 Å². The van der Waals surface area contributed by atoms with Gasteiger partial charge >= 0.3 is 0 Å². The Labute approximate surface area is 162 Å². The molecule has 1 fully saturated rings. The summed E-state index contributed by atoms with van der Waals surface area (Å²) >= 11 is 0. The number of amides is 1. The SMILES string of the molecule is CS(=O)(=O)c1ccc(C(CC2CCCC2)(C(N)=O)c2ncco2)cc1[N+](=O)[O-]. The van der Waals surface area contributed by atoms with Crippen molar-refractivity contribution in [1.82, 2.24) is 4.98 Å². The summed E-state index contributed by atoms with van der Waals surface area (Å²) in [7, 11) is -3.83. The lowest BCUT2D eigenvalue weighted by molar-refractivity contribution is -0.387. The van der Waals surface area contributed by atoms with E-state index in [1.54, 1.807) is 0 Å². The number of nitrogens with zero attached hydrogens (tertiary/aromatic N) is 2. The Hall–Kier alpha value is -2.75. The first-order valence-electron chi connectivity index (χ1n) is 8.85. The number of carbonyl (C=O) groups is 1. The molecule has 1 aromatic heterocycles. The number of oxazole rings is 1. The number of hydrogen-bond donors (Lipinski definition) is 1. The average Bonchev–Trinajstić information content (AvgIpc) is 3.32. The maximum absolute atomic E-state index is 12.7. The van der Waals surface area contributed by atoms with Crippen molar-refractivity contribution in [2.75, 3.05) is 6.26 Å². The quantitative estimate of drug-likeness (QED) is 0.547. The van der Waals surface area contributed by atoms with E-state index in [-0.39, 0.29) is 23.8 Å². The lowest BCUT2D eigenvalue weighted by atomic mass is 9.72. The Kier molecular flexibility index (Phi) is 5.24. The van der Waals surface area contributed by atoms with Gasteiger partial charge in [0.05, 0.1) is 11.1 Å². The molecule has 10 heteroatoms.